The number of carbonyl (C=O) groups excluding carboxylic acids is 1. The number of nitrogens with zero attached hydrogens (tertiary/aromatic N) is 3. The lowest BCUT2D eigenvalue weighted by atomic mass is 9.91. The molecule has 2 heterocycles. The molecule has 0 unspecified atom stereocenters. The maximum absolute atomic E-state index is 13.1. The van der Waals surface area contributed by atoms with Gasteiger partial charge in [-0.1, -0.05) is 30.3 Å². The van der Waals surface area contributed by atoms with Crippen molar-refractivity contribution in [1.82, 2.24) is 4.90 Å². The highest BCUT2D eigenvalue weighted by atomic mass is 16.5. The van der Waals surface area contributed by atoms with E-state index in [4.69, 9.17) is 4.74 Å². The van der Waals surface area contributed by atoms with Crippen molar-refractivity contribution in [2.24, 2.45) is 0 Å². The average Bonchev–Trinajstić information content (AvgIpc) is 2.73. The van der Waals surface area contributed by atoms with Gasteiger partial charge in [-0.15, -0.1) is 0 Å². The van der Waals surface area contributed by atoms with Gasteiger partial charge in [-0.25, -0.2) is 0 Å². The van der Waals surface area contributed by atoms with Crippen LogP contribution in [0.4, 0.5) is 5.69 Å². The maximum Gasteiger partial charge on any atom is 0.230 e. The van der Waals surface area contributed by atoms with Crippen molar-refractivity contribution in [3.05, 3.63) is 59.7 Å². The molecular weight excluding hydrogens is 326 g/mol. The van der Waals surface area contributed by atoms with E-state index in [0.29, 0.717) is 25.3 Å². The highest BCUT2D eigenvalue weighted by Gasteiger charge is 2.32. The van der Waals surface area contributed by atoms with Gasteiger partial charge in [0.2, 0.25) is 5.91 Å². The zero-order chi connectivity index (χ0) is 17.9. The Morgan fingerprint density at radius 3 is 2.58 bits per heavy atom. The fraction of sp³-hybridized carbons (Fsp3) is 0.333. The molecule has 2 aromatic carbocycles. The maximum atomic E-state index is 13.1. The summed E-state index contributed by atoms with van der Waals surface area (Å²) in [4.78, 5) is 17.2. The Hall–Kier alpha value is -3.00. The standard InChI is InChI=1S/C21H21N3O2/c22-15-16-5-1-3-7-19(16)23-10-12-24(13-11-23)21(25)18-9-14-26-20-8-4-2-6-17(18)20/h1-8,18H,9-14H2/t18-/m0/s1. The van der Waals surface area contributed by atoms with E-state index in [2.05, 4.69) is 11.0 Å². The molecule has 1 amide bonds. The van der Waals surface area contributed by atoms with Crippen LogP contribution in [0.2, 0.25) is 0 Å². The Morgan fingerprint density at radius 1 is 1.04 bits per heavy atom. The summed E-state index contributed by atoms with van der Waals surface area (Å²) in [7, 11) is 0. The van der Waals surface area contributed by atoms with Crippen molar-refractivity contribution in [3.8, 4) is 11.8 Å². The second-order valence-corrected chi connectivity index (χ2v) is 6.67. The number of rotatable bonds is 2. The molecule has 2 aliphatic rings. The average molecular weight is 347 g/mol. The molecule has 1 atom stereocenters. The third-order valence-corrected chi connectivity index (χ3v) is 5.21. The van der Waals surface area contributed by atoms with Crippen LogP contribution in [-0.4, -0.2) is 43.6 Å². The van der Waals surface area contributed by atoms with E-state index in [0.717, 1.165) is 36.5 Å². The van der Waals surface area contributed by atoms with Gasteiger partial charge in [0.1, 0.15) is 11.8 Å². The normalized spacial score (nSPS) is 19.3. The van der Waals surface area contributed by atoms with Crippen LogP contribution in [-0.2, 0) is 4.79 Å². The minimum atomic E-state index is -0.113. The van der Waals surface area contributed by atoms with Crippen LogP contribution in [0, 0.1) is 11.3 Å². The first-order valence-corrected chi connectivity index (χ1v) is 9.02. The summed E-state index contributed by atoms with van der Waals surface area (Å²) < 4.78 is 5.68. The summed E-state index contributed by atoms with van der Waals surface area (Å²) in [6.45, 7) is 3.43. The predicted molar refractivity (Wildman–Crippen MR) is 99.2 cm³/mol. The molecule has 5 nitrogen and oxygen atoms in total. The number of nitriles is 1. The van der Waals surface area contributed by atoms with E-state index in [1.165, 1.54) is 0 Å². The first-order valence-electron chi connectivity index (χ1n) is 9.02. The fourth-order valence-electron chi connectivity index (χ4n) is 3.83. The van der Waals surface area contributed by atoms with Crippen molar-refractivity contribution in [1.29, 1.82) is 5.26 Å². The largest absolute Gasteiger partial charge is 0.493 e. The van der Waals surface area contributed by atoms with Crippen molar-refractivity contribution >= 4 is 11.6 Å². The summed E-state index contributed by atoms with van der Waals surface area (Å²) in [6.07, 6.45) is 0.729. The molecule has 4 rings (SSSR count). The van der Waals surface area contributed by atoms with E-state index >= 15 is 0 Å². The number of fused-ring (bicyclic) bond motifs is 1. The molecule has 0 bridgehead atoms. The topological polar surface area (TPSA) is 56.6 Å². The van der Waals surface area contributed by atoms with Gasteiger partial charge in [0, 0.05) is 31.7 Å². The van der Waals surface area contributed by atoms with E-state index in [1.807, 2.05) is 53.4 Å². The number of hydrogen-bond donors (Lipinski definition) is 0. The summed E-state index contributed by atoms with van der Waals surface area (Å²) in [5.74, 6) is 0.908. The first-order chi connectivity index (χ1) is 12.8. The van der Waals surface area contributed by atoms with Gasteiger partial charge < -0.3 is 14.5 Å². The Labute approximate surface area is 153 Å². The number of amides is 1. The summed E-state index contributed by atoms with van der Waals surface area (Å²) >= 11 is 0. The van der Waals surface area contributed by atoms with Crippen LogP contribution >= 0.6 is 0 Å². The van der Waals surface area contributed by atoms with E-state index < -0.39 is 0 Å². The minimum Gasteiger partial charge on any atom is -0.493 e. The Kier molecular flexibility index (Phi) is 4.49. The molecule has 0 aliphatic carbocycles. The first kappa shape index (κ1) is 16.5. The number of anilines is 1. The molecule has 0 aromatic heterocycles. The van der Waals surface area contributed by atoms with Gasteiger partial charge in [0.15, 0.2) is 0 Å². The Balaban J connectivity index is 1.46. The van der Waals surface area contributed by atoms with Crippen LogP contribution in [0.15, 0.2) is 48.5 Å². The Bertz CT molecular complexity index is 850. The van der Waals surface area contributed by atoms with Crippen LogP contribution in [0.25, 0.3) is 0 Å². The second-order valence-electron chi connectivity index (χ2n) is 6.67. The highest BCUT2D eigenvalue weighted by Crippen LogP contribution is 2.35. The van der Waals surface area contributed by atoms with Gasteiger partial charge in [-0.05, 0) is 24.6 Å². The van der Waals surface area contributed by atoms with Crippen LogP contribution < -0.4 is 9.64 Å². The molecule has 5 heteroatoms. The third-order valence-electron chi connectivity index (χ3n) is 5.21. The lowest BCUT2D eigenvalue weighted by molar-refractivity contribution is -0.133. The molecule has 26 heavy (non-hydrogen) atoms. The van der Waals surface area contributed by atoms with Crippen molar-refractivity contribution in [2.45, 2.75) is 12.3 Å². The number of benzene rings is 2. The Morgan fingerprint density at radius 2 is 1.77 bits per heavy atom. The van der Waals surface area contributed by atoms with E-state index in [1.54, 1.807) is 0 Å². The molecule has 132 valence electrons. The number of piperazine rings is 1. The lowest BCUT2D eigenvalue weighted by Crippen LogP contribution is -2.50. The monoisotopic (exact) mass is 347 g/mol. The van der Waals surface area contributed by atoms with E-state index in [-0.39, 0.29) is 11.8 Å². The smallest absolute Gasteiger partial charge is 0.230 e. The molecular formula is C21H21N3O2. The second kappa shape index (κ2) is 7.09. The summed E-state index contributed by atoms with van der Waals surface area (Å²) in [6, 6.07) is 17.7. The van der Waals surface area contributed by atoms with Gasteiger partial charge in [-0.2, -0.15) is 5.26 Å². The summed E-state index contributed by atoms with van der Waals surface area (Å²) in [5, 5.41) is 9.30. The van der Waals surface area contributed by atoms with Gasteiger partial charge in [-0.3, -0.25) is 4.79 Å². The molecule has 0 radical (unpaired) electrons. The summed E-state index contributed by atoms with van der Waals surface area (Å²) in [5.41, 5.74) is 2.64. The van der Waals surface area contributed by atoms with Crippen LogP contribution in [0.3, 0.4) is 0 Å². The predicted octanol–water partition coefficient (Wildman–Crippen LogP) is 2.77. The van der Waals surface area contributed by atoms with Crippen LogP contribution in [0.5, 0.6) is 5.75 Å². The molecule has 0 spiro atoms. The SMILES string of the molecule is N#Cc1ccccc1N1CCN(C(=O)[C@H]2CCOc3ccccc32)CC1. The van der Waals surface area contributed by atoms with Crippen LogP contribution in [0.1, 0.15) is 23.5 Å². The molecule has 2 aromatic rings. The number of carbonyl (C=O) groups is 1. The highest BCUT2D eigenvalue weighted by molar-refractivity contribution is 5.85. The number of ether oxygens (including phenoxy) is 1. The van der Waals surface area contributed by atoms with E-state index in [9.17, 15) is 10.1 Å². The molecule has 0 N–H and O–H groups in total. The fourth-order valence-corrected chi connectivity index (χ4v) is 3.83. The van der Waals surface area contributed by atoms with Gasteiger partial charge in [0.05, 0.1) is 23.8 Å². The number of hydrogen-bond acceptors (Lipinski definition) is 4. The van der Waals surface area contributed by atoms with Crippen molar-refractivity contribution in [2.75, 3.05) is 37.7 Å². The lowest BCUT2D eigenvalue weighted by Gasteiger charge is -2.38. The number of para-hydroxylation sites is 2. The third kappa shape index (κ3) is 2.99. The molecule has 2 aliphatic heterocycles. The van der Waals surface area contributed by atoms with Crippen molar-refractivity contribution < 1.29 is 9.53 Å². The molecule has 0 saturated carbocycles. The quantitative estimate of drug-likeness (QED) is 0.838. The molecule has 1 saturated heterocycles. The molecule has 1 fully saturated rings. The zero-order valence-electron chi connectivity index (χ0n) is 14.6. The zero-order valence-corrected chi connectivity index (χ0v) is 14.6. The van der Waals surface area contributed by atoms with Gasteiger partial charge >= 0.3 is 0 Å². The van der Waals surface area contributed by atoms with Gasteiger partial charge in [0.25, 0.3) is 0 Å². The van der Waals surface area contributed by atoms with Crippen molar-refractivity contribution in [3.63, 3.8) is 0 Å². The minimum absolute atomic E-state index is 0.113.